The van der Waals surface area contributed by atoms with Crippen molar-refractivity contribution in [3.63, 3.8) is 0 Å². The van der Waals surface area contributed by atoms with Crippen LogP contribution in [0.15, 0.2) is 102 Å². The van der Waals surface area contributed by atoms with E-state index in [1.54, 1.807) is 12.1 Å². The van der Waals surface area contributed by atoms with Crippen LogP contribution in [0.5, 0.6) is 5.75 Å². The zero-order valence-corrected chi connectivity index (χ0v) is 21.7. The van der Waals surface area contributed by atoms with Crippen molar-refractivity contribution in [2.75, 3.05) is 6.26 Å². The van der Waals surface area contributed by atoms with E-state index >= 15 is 0 Å². The van der Waals surface area contributed by atoms with Crippen LogP contribution in [0, 0.1) is 5.82 Å². The molecule has 3 aromatic carbocycles. The van der Waals surface area contributed by atoms with Gasteiger partial charge < -0.3 is 4.74 Å². The summed E-state index contributed by atoms with van der Waals surface area (Å²) in [4.78, 5) is 12.2. The summed E-state index contributed by atoms with van der Waals surface area (Å²) in [5.74, 6) is -0.686. The number of allylic oxidation sites excluding steroid dienone is 3. The molecular formula is C29H33FO4S. The van der Waals surface area contributed by atoms with Crippen molar-refractivity contribution in [3.8, 4) is 5.75 Å². The summed E-state index contributed by atoms with van der Waals surface area (Å²) in [6, 6.07) is 21.9. The maximum atomic E-state index is 13.3. The van der Waals surface area contributed by atoms with Crippen molar-refractivity contribution in [1.82, 2.24) is 0 Å². The van der Waals surface area contributed by atoms with Gasteiger partial charge in [-0.25, -0.2) is 12.8 Å². The standard InChI is InChI=1S/C19H17FO4S.C8H10.C2H6/c1-4-18(14-8-10-17(11-9-14)25(3,22)23)19(13(2)21)24-16-7-5-6-15(20)12-16;1-2-8-6-4-3-5-7-8;1-2/h4-12H,1H2,2-3H3;3-7H,2H2,1H3;1-2H3/b19-18-;;. The molecule has 0 unspecified atom stereocenters. The second-order valence-corrected chi connectivity index (χ2v) is 9.21. The van der Waals surface area contributed by atoms with Crippen LogP contribution in [0.2, 0.25) is 0 Å². The van der Waals surface area contributed by atoms with E-state index in [4.69, 9.17) is 4.74 Å². The quantitative estimate of drug-likeness (QED) is 0.199. The van der Waals surface area contributed by atoms with E-state index in [-0.39, 0.29) is 22.2 Å². The number of Topliss-reactive ketones (excluding diaryl/α,β-unsaturated/α-hetero) is 1. The van der Waals surface area contributed by atoms with Crippen LogP contribution in [0.3, 0.4) is 0 Å². The topological polar surface area (TPSA) is 60.4 Å². The van der Waals surface area contributed by atoms with Gasteiger partial charge in [0.1, 0.15) is 11.6 Å². The first-order valence-electron chi connectivity index (χ1n) is 11.3. The van der Waals surface area contributed by atoms with Crippen molar-refractivity contribution in [2.24, 2.45) is 0 Å². The Hall–Kier alpha value is -3.51. The lowest BCUT2D eigenvalue weighted by atomic mass is 10.0. The molecule has 0 bridgehead atoms. The first-order chi connectivity index (χ1) is 16.7. The molecule has 0 atom stereocenters. The first-order valence-corrected chi connectivity index (χ1v) is 13.2. The molecule has 0 aliphatic carbocycles. The van der Waals surface area contributed by atoms with Gasteiger partial charge in [0.2, 0.25) is 0 Å². The van der Waals surface area contributed by atoms with Crippen LogP contribution >= 0.6 is 0 Å². The molecule has 186 valence electrons. The smallest absolute Gasteiger partial charge is 0.195 e. The van der Waals surface area contributed by atoms with Crippen molar-refractivity contribution < 1.29 is 22.3 Å². The van der Waals surface area contributed by atoms with Gasteiger partial charge in [0.15, 0.2) is 21.4 Å². The van der Waals surface area contributed by atoms with Gasteiger partial charge in [0.05, 0.1) is 4.90 Å². The zero-order valence-electron chi connectivity index (χ0n) is 20.9. The highest BCUT2D eigenvalue weighted by Gasteiger charge is 2.16. The van der Waals surface area contributed by atoms with E-state index in [9.17, 15) is 17.6 Å². The summed E-state index contributed by atoms with van der Waals surface area (Å²) in [5, 5.41) is 0. The van der Waals surface area contributed by atoms with Gasteiger partial charge in [-0.3, -0.25) is 4.79 Å². The van der Waals surface area contributed by atoms with Crippen LogP contribution < -0.4 is 4.74 Å². The fraction of sp³-hybridized carbons (Fsp3) is 0.207. The summed E-state index contributed by atoms with van der Waals surface area (Å²) >= 11 is 0. The van der Waals surface area contributed by atoms with Crippen LogP contribution in [-0.2, 0) is 21.1 Å². The van der Waals surface area contributed by atoms with Gasteiger partial charge in [-0.2, -0.15) is 0 Å². The molecule has 0 aliphatic heterocycles. The Morgan fingerprint density at radius 2 is 1.57 bits per heavy atom. The average molecular weight is 497 g/mol. The van der Waals surface area contributed by atoms with E-state index in [1.165, 1.54) is 48.9 Å². The second-order valence-electron chi connectivity index (χ2n) is 7.20. The number of hydrogen-bond acceptors (Lipinski definition) is 4. The van der Waals surface area contributed by atoms with Crippen molar-refractivity contribution >= 4 is 21.2 Å². The molecular weight excluding hydrogens is 463 g/mol. The minimum Gasteiger partial charge on any atom is -0.453 e. The Morgan fingerprint density at radius 1 is 0.971 bits per heavy atom. The molecule has 4 nitrogen and oxygen atoms in total. The Balaban J connectivity index is 0.000000512. The van der Waals surface area contributed by atoms with Gasteiger partial charge in [-0.05, 0) is 41.8 Å². The number of aryl methyl sites for hydroxylation is 1. The van der Waals surface area contributed by atoms with E-state index in [2.05, 4.69) is 37.8 Å². The highest BCUT2D eigenvalue weighted by molar-refractivity contribution is 7.90. The molecule has 0 saturated heterocycles. The van der Waals surface area contributed by atoms with Crippen LogP contribution in [-0.4, -0.2) is 20.5 Å². The largest absolute Gasteiger partial charge is 0.453 e. The number of sulfone groups is 1. The number of rotatable bonds is 7. The molecule has 35 heavy (non-hydrogen) atoms. The summed E-state index contributed by atoms with van der Waals surface area (Å²) < 4.78 is 42.0. The number of carbonyl (C=O) groups excluding carboxylic acids is 1. The van der Waals surface area contributed by atoms with E-state index in [0.29, 0.717) is 11.1 Å². The molecule has 0 spiro atoms. The number of benzene rings is 3. The van der Waals surface area contributed by atoms with Crippen molar-refractivity contribution in [1.29, 1.82) is 0 Å². The number of ketones is 1. The minimum atomic E-state index is -3.32. The van der Waals surface area contributed by atoms with Gasteiger partial charge in [-0.15, -0.1) is 0 Å². The lowest BCUT2D eigenvalue weighted by molar-refractivity contribution is -0.115. The van der Waals surface area contributed by atoms with Crippen molar-refractivity contribution in [2.45, 2.75) is 39.0 Å². The third-order valence-electron chi connectivity index (χ3n) is 4.63. The van der Waals surface area contributed by atoms with Gasteiger partial charge in [0, 0.05) is 24.8 Å². The molecule has 0 heterocycles. The summed E-state index contributed by atoms with van der Waals surface area (Å²) in [5.41, 5.74) is 2.35. The lowest BCUT2D eigenvalue weighted by Gasteiger charge is -2.12. The Bertz CT molecular complexity index is 1230. The molecule has 0 N–H and O–H groups in total. The second kappa shape index (κ2) is 14.7. The molecule has 0 fully saturated rings. The van der Waals surface area contributed by atoms with Crippen LogP contribution in [0.1, 0.15) is 38.8 Å². The molecule has 0 saturated carbocycles. The molecule has 0 aromatic heterocycles. The highest BCUT2D eigenvalue weighted by atomic mass is 32.2. The zero-order chi connectivity index (χ0) is 26.4. The Labute approximate surface area is 208 Å². The number of carbonyl (C=O) groups is 1. The SMILES string of the molecule is C=C/C(=C(/Oc1cccc(F)c1)C(C)=O)c1ccc(S(C)(=O)=O)cc1.CC.CCc1ccccc1. The third-order valence-corrected chi connectivity index (χ3v) is 5.76. The number of halogens is 1. The maximum absolute atomic E-state index is 13.3. The normalized spacial score (nSPS) is 11.0. The monoisotopic (exact) mass is 496 g/mol. The van der Waals surface area contributed by atoms with Crippen LogP contribution in [0.4, 0.5) is 4.39 Å². The molecule has 0 amide bonds. The minimum absolute atomic E-state index is 0.00675. The number of hydrogen-bond donors (Lipinski definition) is 0. The van der Waals surface area contributed by atoms with E-state index in [1.807, 2.05) is 19.9 Å². The van der Waals surface area contributed by atoms with Gasteiger partial charge in [-0.1, -0.05) is 82.0 Å². The third kappa shape index (κ3) is 9.71. The van der Waals surface area contributed by atoms with E-state index in [0.717, 1.165) is 18.7 Å². The molecule has 0 aliphatic rings. The summed E-state index contributed by atoms with van der Waals surface area (Å²) in [6.45, 7) is 11.2. The first kappa shape index (κ1) is 29.5. The molecule has 3 aromatic rings. The Kier molecular flexibility index (Phi) is 12.4. The van der Waals surface area contributed by atoms with Gasteiger partial charge >= 0.3 is 0 Å². The average Bonchev–Trinajstić information content (AvgIpc) is 2.86. The molecule has 3 rings (SSSR count). The van der Waals surface area contributed by atoms with E-state index < -0.39 is 15.7 Å². The highest BCUT2D eigenvalue weighted by Crippen LogP contribution is 2.25. The van der Waals surface area contributed by atoms with Crippen molar-refractivity contribution in [3.05, 3.63) is 114 Å². The Morgan fingerprint density at radius 3 is 2.00 bits per heavy atom. The fourth-order valence-corrected chi connectivity index (χ4v) is 3.53. The lowest BCUT2D eigenvalue weighted by Crippen LogP contribution is -2.08. The summed E-state index contributed by atoms with van der Waals surface area (Å²) in [6.07, 6.45) is 3.69. The number of ether oxygens (including phenoxy) is 1. The fourth-order valence-electron chi connectivity index (χ4n) is 2.90. The molecule has 0 radical (unpaired) electrons. The summed E-state index contributed by atoms with van der Waals surface area (Å²) in [7, 11) is -3.32. The predicted octanol–water partition coefficient (Wildman–Crippen LogP) is 7.07. The van der Waals surface area contributed by atoms with Crippen LogP contribution in [0.25, 0.3) is 5.57 Å². The predicted molar refractivity (Wildman–Crippen MR) is 142 cm³/mol. The van der Waals surface area contributed by atoms with Gasteiger partial charge in [0.25, 0.3) is 0 Å². The molecule has 6 heteroatoms. The maximum Gasteiger partial charge on any atom is 0.195 e.